The van der Waals surface area contributed by atoms with Crippen molar-refractivity contribution < 1.29 is 0 Å². The monoisotopic (exact) mass is 283 g/mol. The Balaban J connectivity index is 1.60. The van der Waals surface area contributed by atoms with Gasteiger partial charge >= 0.3 is 0 Å². The number of fused-ring (bicyclic) bond motifs is 1. The lowest BCUT2D eigenvalue weighted by Gasteiger charge is -2.23. The van der Waals surface area contributed by atoms with Gasteiger partial charge in [-0.3, -0.25) is 0 Å². The Labute approximate surface area is 127 Å². The normalized spacial score (nSPS) is 30.9. The van der Waals surface area contributed by atoms with E-state index in [0.29, 0.717) is 11.8 Å². The van der Waals surface area contributed by atoms with Crippen molar-refractivity contribution in [3.63, 3.8) is 0 Å². The smallest absolute Gasteiger partial charge is 0.0911 e. The van der Waals surface area contributed by atoms with Crippen molar-refractivity contribution in [1.29, 1.82) is 5.26 Å². The van der Waals surface area contributed by atoms with Gasteiger partial charge in [0, 0.05) is 30.6 Å². The van der Waals surface area contributed by atoms with E-state index < -0.39 is 0 Å². The molecule has 1 aromatic carbocycles. The maximum Gasteiger partial charge on any atom is 0.0911 e. The summed E-state index contributed by atoms with van der Waals surface area (Å²) < 4.78 is 0. The summed E-state index contributed by atoms with van der Waals surface area (Å²) in [4.78, 5) is 2.55. The summed E-state index contributed by atoms with van der Waals surface area (Å²) in [5.74, 6) is 1.02. The zero-order chi connectivity index (χ0) is 14.9. The molecule has 0 aromatic heterocycles. The minimum absolute atomic E-state index is 0.255. The van der Waals surface area contributed by atoms with Gasteiger partial charge in [-0.15, -0.1) is 0 Å². The Kier molecular flexibility index (Phi) is 3.91. The molecule has 0 bridgehead atoms. The number of nitrogens with zero attached hydrogens (tertiary/aromatic N) is 2. The second-order valence-electron chi connectivity index (χ2n) is 6.64. The van der Waals surface area contributed by atoms with Gasteiger partial charge in [-0.1, -0.05) is 38.3 Å². The standard InChI is InChI=1S/C18H25N3/c1-2-3-4-5-9-21-11-16-17(12-21)18(16,13-19)14-7-6-8-15(20)10-14/h6-8,10,16-17H,2-5,9,11-12,20H2,1H3. The number of nitriles is 1. The van der Waals surface area contributed by atoms with E-state index in [-0.39, 0.29) is 5.41 Å². The molecule has 0 amide bonds. The van der Waals surface area contributed by atoms with Gasteiger partial charge < -0.3 is 10.6 Å². The quantitative estimate of drug-likeness (QED) is 0.644. The highest BCUT2D eigenvalue weighted by Gasteiger charge is 2.69. The Morgan fingerprint density at radius 1 is 1.29 bits per heavy atom. The molecule has 2 fully saturated rings. The van der Waals surface area contributed by atoms with Crippen molar-refractivity contribution in [2.24, 2.45) is 11.8 Å². The number of piperidine rings is 1. The molecule has 2 unspecified atom stereocenters. The number of benzene rings is 1. The summed E-state index contributed by atoms with van der Waals surface area (Å²) >= 11 is 0. The first-order valence-corrected chi connectivity index (χ1v) is 8.22. The van der Waals surface area contributed by atoms with Gasteiger partial charge in [0.15, 0.2) is 0 Å². The van der Waals surface area contributed by atoms with E-state index in [1.54, 1.807) is 0 Å². The first-order chi connectivity index (χ1) is 10.2. The Hall–Kier alpha value is -1.53. The molecule has 1 aromatic rings. The van der Waals surface area contributed by atoms with Crippen molar-refractivity contribution in [2.75, 3.05) is 25.4 Å². The molecule has 2 aliphatic rings. The maximum atomic E-state index is 9.73. The third kappa shape index (κ3) is 2.42. The number of nitrogen functional groups attached to an aromatic ring is 1. The van der Waals surface area contributed by atoms with Crippen molar-refractivity contribution in [1.82, 2.24) is 4.90 Å². The van der Waals surface area contributed by atoms with Crippen LogP contribution in [0.25, 0.3) is 0 Å². The fourth-order valence-corrected chi connectivity index (χ4v) is 4.11. The molecular formula is C18H25N3. The minimum Gasteiger partial charge on any atom is -0.399 e. The van der Waals surface area contributed by atoms with Gasteiger partial charge in [-0.2, -0.15) is 5.26 Å². The summed E-state index contributed by atoms with van der Waals surface area (Å²) in [7, 11) is 0. The highest BCUT2D eigenvalue weighted by molar-refractivity contribution is 5.52. The molecule has 1 heterocycles. The van der Waals surface area contributed by atoms with Crippen molar-refractivity contribution in [2.45, 2.75) is 38.0 Å². The molecule has 1 saturated heterocycles. The Morgan fingerprint density at radius 3 is 2.67 bits per heavy atom. The van der Waals surface area contributed by atoms with Crippen molar-refractivity contribution in [3.8, 4) is 6.07 Å². The number of hydrogen-bond acceptors (Lipinski definition) is 3. The highest BCUT2D eigenvalue weighted by atomic mass is 15.2. The van der Waals surface area contributed by atoms with Crippen LogP contribution in [0.15, 0.2) is 24.3 Å². The molecule has 112 valence electrons. The molecule has 0 spiro atoms. The van der Waals surface area contributed by atoms with Gasteiger partial charge in [0.05, 0.1) is 11.5 Å². The zero-order valence-corrected chi connectivity index (χ0v) is 12.9. The fourth-order valence-electron chi connectivity index (χ4n) is 4.11. The van der Waals surface area contributed by atoms with Crippen LogP contribution in [0.1, 0.15) is 38.2 Å². The number of unbranched alkanes of at least 4 members (excludes halogenated alkanes) is 3. The second kappa shape index (κ2) is 5.69. The number of hydrogen-bond donors (Lipinski definition) is 1. The molecule has 1 aliphatic heterocycles. The van der Waals surface area contributed by atoms with Crippen LogP contribution >= 0.6 is 0 Å². The van der Waals surface area contributed by atoms with Gasteiger partial charge in [0.25, 0.3) is 0 Å². The van der Waals surface area contributed by atoms with Crippen LogP contribution in [0.5, 0.6) is 0 Å². The first-order valence-electron chi connectivity index (χ1n) is 8.22. The van der Waals surface area contributed by atoms with E-state index in [1.807, 2.05) is 18.2 Å². The van der Waals surface area contributed by atoms with Gasteiger partial charge in [-0.25, -0.2) is 0 Å². The van der Waals surface area contributed by atoms with Crippen LogP contribution < -0.4 is 5.73 Å². The number of nitrogens with two attached hydrogens (primary N) is 1. The third-order valence-corrected chi connectivity index (χ3v) is 5.33. The molecular weight excluding hydrogens is 258 g/mol. The summed E-state index contributed by atoms with van der Waals surface area (Å²) in [5.41, 5.74) is 7.53. The highest BCUT2D eigenvalue weighted by Crippen LogP contribution is 2.63. The molecule has 2 atom stereocenters. The third-order valence-electron chi connectivity index (χ3n) is 5.33. The molecule has 0 radical (unpaired) electrons. The van der Waals surface area contributed by atoms with E-state index >= 15 is 0 Å². The van der Waals surface area contributed by atoms with Crippen LogP contribution in [-0.2, 0) is 5.41 Å². The van der Waals surface area contributed by atoms with E-state index in [2.05, 4.69) is 24.0 Å². The molecule has 3 heteroatoms. The number of anilines is 1. The van der Waals surface area contributed by atoms with E-state index in [0.717, 1.165) is 24.3 Å². The van der Waals surface area contributed by atoms with Crippen LogP contribution in [0, 0.1) is 23.2 Å². The molecule has 3 nitrogen and oxygen atoms in total. The number of likely N-dealkylation sites (tertiary alicyclic amines) is 1. The second-order valence-corrected chi connectivity index (χ2v) is 6.64. The van der Waals surface area contributed by atoms with Crippen LogP contribution in [-0.4, -0.2) is 24.5 Å². The van der Waals surface area contributed by atoms with E-state index in [4.69, 9.17) is 5.73 Å². The lowest BCUT2D eigenvalue weighted by Crippen LogP contribution is -2.30. The predicted molar refractivity (Wildman–Crippen MR) is 85.7 cm³/mol. The lowest BCUT2D eigenvalue weighted by atomic mass is 9.91. The van der Waals surface area contributed by atoms with Crippen LogP contribution in [0.3, 0.4) is 0 Å². The van der Waals surface area contributed by atoms with E-state index in [9.17, 15) is 5.26 Å². The largest absolute Gasteiger partial charge is 0.399 e. The van der Waals surface area contributed by atoms with Crippen LogP contribution in [0.2, 0.25) is 0 Å². The Bertz CT molecular complexity index is 534. The fraction of sp³-hybridized carbons (Fsp3) is 0.611. The SMILES string of the molecule is CCCCCCN1CC2C(C1)C2(C#N)c1cccc(N)c1. The molecule has 1 aliphatic carbocycles. The number of rotatable bonds is 6. The maximum absolute atomic E-state index is 9.73. The van der Waals surface area contributed by atoms with Gasteiger partial charge in [0.2, 0.25) is 0 Å². The molecule has 1 saturated carbocycles. The van der Waals surface area contributed by atoms with E-state index in [1.165, 1.54) is 32.2 Å². The minimum atomic E-state index is -0.255. The molecule has 3 rings (SSSR count). The average Bonchev–Trinajstić information content (AvgIpc) is 2.87. The zero-order valence-electron chi connectivity index (χ0n) is 12.9. The predicted octanol–water partition coefficient (Wildman–Crippen LogP) is 3.17. The Morgan fingerprint density at radius 2 is 2.05 bits per heavy atom. The van der Waals surface area contributed by atoms with Gasteiger partial charge in [0.1, 0.15) is 0 Å². The summed E-state index contributed by atoms with van der Waals surface area (Å²) in [6, 6.07) is 10.5. The summed E-state index contributed by atoms with van der Waals surface area (Å²) in [6.45, 7) is 5.61. The van der Waals surface area contributed by atoms with Crippen molar-refractivity contribution >= 4 is 5.69 Å². The first kappa shape index (κ1) is 14.4. The molecule has 2 N–H and O–H groups in total. The topological polar surface area (TPSA) is 53.0 Å². The average molecular weight is 283 g/mol. The summed E-state index contributed by atoms with van der Waals surface area (Å²) in [5, 5.41) is 9.73. The van der Waals surface area contributed by atoms with Crippen LogP contribution in [0.4, 0.5) is 5.69 Å². The summed E-state index contributed by atoms with van der Waals surface area (Å²) in [6.07, 6.45) is 5.26. The molecule has 21 heavy (non-hydrogen) atoms. The lowest BCUT2D eigenvalue weighted by molar-refractivity contribution is 0.279. The van der Waals surface area contributed by atoms with Crippen molar-refractivity contribution in [3.05, 3.63) is 29.8 Å². The van der Waals surface area contributed by atoms with Gasteiger partial charge in [-0.05, 0) is 30.7 Å².